The minimum absolute atomic E-state index is 0.00819. The number of hydrogen-bond donors (Lipinski definition) is 0. The van der Waals surface area contributed by atoms with Crippen molar-refractivity contribution in [1.82, 2.24) is 10.1 Å². The van der Waals surface area contributed by atoms with E-state index in [1.165, 1.54) is 6.92 Å². The summed E-state index contributed by atoms with van der Waals surface area (Å²) >= 11 is 0. The van der Waals surface area contributed by atoms with Crippen molar-refractivity contribution in [3.63, 3.8) is 0 Å². The van der Waals surface area contributed by atoms with Crippen molar-refractivity contribution in [3.05, 3.63) is 11.7 Å². The molecule has 1 heterocycles. The van der Waals surface area contributed by atoms with E-state index in [0.29, 0.717) is 0 Å². The van der Waals surface area contributed by atoms with Crippen molar-refractivity contribution in [2.24, 2.45) is 5.92 Å². The molecule has 0 spiro atoms. The first-order valence-corrected chi connectivity index (χ1v) is 5.68. The first kappa shape index (κ1) is 15.6. The molecule has 0 aliphatic rings. The predicted molar refractivity (Wildman–Crippen MR) is 58.3 cm³/mol. The maximum Gasteiger partial charge on any atom is 0.411 e. The van der Waals surface area contributed by atoms with E-state index in [1.54, 1.807) is 0 Å². The molecule has 1 rings (SSSR count). The van der Waals surface area contributed by atoms with E-state index in [4.69, 9.17) is 4.52 Å². The van der Waals surface area contributed by atoms with Gasteiger partial charge in [-0.1, -0.05) is 19.0 Å². The molecule has 0 saturated carbocycles. The van der Waals surface area contributed by atoms with Crippen molar-refractivity contribution < 1.29 is 27.2 Å². The van der Waals surface area contributed by atoms with Crippen LogP contribution in [-0.4, -0.2) is 28.7 Å². The van der Waals surface area contributed by atoms with Gasteiger partial charge in [0.25, 0.3) is 0 Å². The second-order valence-corrected chi connectivity index (χ2v) is 4.49. The lowest BCUT2D eigenvalue weighted by Gasteiger charge is -2.12. The van der Waals surface area contributed by atoms with Crippen LogP contribution >= 0.6 is 0 Å². The average Bonchev–Trinajstić information content (AvgIpc) is 2.63. The highest BCUT2D eigenvalue weighted by atomic mass is 19.4. The number of alkyl halides is 3. The summed E-state index contributed by atoms with van der Waals surface area (Å²) in [6.07, 6.45) is -4.40. The number of ketones is 1. The molecule has 1 atom stereocenters. The van der Waals surface area contributed by atoms with Crippen LogP contribution in [0.2, 0.25) is 0 Å². The van der Waals surface area contributed by atoms with Crippen LogP contribution in [0.25, 0.3) is 0 Å². The van der Waals surface area contributed by atoms with Gasteiger partial charge in [-0.25, -0.2) is 0 Å². The third kappa shape index (κ3) is 4.98. The fourth-order valence-corrected chi connectivity index (χ4v) is 1.64. The summed E-state index contributed by atoms with van der Waals surface area (Å²) in [5.74, 6) is -0.633. The Labute approximate surface area is 108 Å². The fourth-order valence-electron chi connectivity index (χ4n) is 1.64. The number of carbonyl (C=O) groups is 1. The summed E-state index contributed by atoms with van der Waals surface area (Å²) in [5, 5.41) is 3.49. The molecule has 0 fully saturated rings. The predicted octanol–water partition coefficient (Wildman–Crippen LogP) is 2.48. The van der Waals surface area contributed by atoms with Crippen LogP contribution in [0.1, 0.15) is 38.4 Å². The lowest BCUT2D eigenvalue weighted by Crippen LogP contribution is -2.17. The topological polar surface area (TPSA) is 65.2 Å². The SMILES string of the molecule is CC(=O)C(c1nc(COCC(F)(F)F)no1)C(C)C. The highest BCUT2D eigenvalue weighted by Crippen LogP contribution is 2.24. The Balaban J connectivity index is 2.63. The van der Waals surface area contributed by atoms with Crippen molar-refractivity contribution in [2.75, 3.05) is 6.61 Å². The number of rotatable bonds is 6. The van der Waals surface area contributed by atoms with E-state index >= 15 is 0 Å². The fraction of sp³-hybridized carbons (Fsp3) is 0.727. The second-order valence-electron chi connectivity index (χ2n) is 4.49. The monoisotopic (exact) mass is 280 g/mol. The van der Waals surface area contributed by atoms with Gasteiger partial charge in [0, 0.05) is 0 Å². The number of ether oxygens (including phenoxy) is 1. The quantitative estimate of drug-likeness (QED) is 0.801. The molecule has 0 aliphatic heterocycles. The van der Waals surface area contributed by atoms with Crippen molar-refractivity contribution in [3.8, 4) is 0 Å². The molecule has 0 bridgehead atoms. The lowest BCUT2D eigenvalue weighted by atomic mass is 9.92. The molecule has 19 heavy (non-hydrogen) atoms. The standard InChI is InChI=1S/C11H15F3N2O3/c1-6(2)9(7(3)17)10-15-8(16-19-10)4-18-5-11(12,13)14/h6,9H,4-5H2,1-3H3. The molecule has 1 aromatic rings. The molecule has 0 radical (unpaired) electrons. The van der Waals surface area contributed by atoms with Gasteiger partial charge in [0.05, 0.1) is 5.92 Å². The highest BCUT2D eigenvalue weighted by molar-refractivity contribution is 5.82. The van der Waals surface area contributed by atoms with Crippen LogP contribution in [-0.2, 0) is 16.1 Å². The molecule has 1 aromatic heterocycles. The van der Waals surface area contributed by atoms with Crippen molar-refractivity contribution in [1.29, 1.82) is 0 Å². The van der Waals surface area contributed by atoms with Gasteiger partial charge in [-0.3, -0.25) is 4.79 Å². The highest BCUT2D eigenvalue weighted by Gasteiger charge is 2.29. The smallest absolute Gasteiger partial charge is 0.364 e. The zero-order chi connectivity index (χ0) is 14.6. The van der Waals surface area contributed by atoms with E-state index in [1.807, 2.05) is 13.8 Å². The van der Waals surface area contributed by atoms with Gasteiger partial charge in [-0.05, 0) is 12.8 Å². The molecule has 0 aromatic carbocycles. The van der Waals surface area contributed by atoms with Crippen molar-refractivity contribution in [2.45, 2.75) is 39.5 Å². The average molecular weight is 280 g/mol. The summed E-state index contributed by atoms with van der Waals surface area (Å²) in [7, 11) is 0. The Morgan fingerprint density at radius 1 is 1.42 bits per heavy atom. The van der Waals surface area contributed by atoms with Crippen molar-refractivity contribution >= 4 is 5.78 Å². The maximum absolute atomic E-state index is 11.9. The number of aromatic nitrogens is 2. The number of halogens is 3. The van der Waals surface area contributed by atoms with Gasteiger partial charge in [-0.15, -0.1) is 0 Å². The lowest BCUT2D eigenvalue weighted by molar-refractivity contribution is -0.177. The van der Waals surface area contributed by atoms with Gasteiger partial charge >= 0.3 is 6.18 Å². The van der Waals surface area contributed by atoms with E-state index in [0.717, 1.165) is 0 Å². The third-order valence-electron chi connectivity index (χ3n) is 2.35. The van der Waals surface area contributed by atoms with Crippen LogP contribution < -0.4 is 0 Å². The maximum atomic E-state index is 11.9. The van der Waals surface area contributed by atoms with E-state index in [-0.39, 0.29) is 23.4 Å². The zero-order valence-electron chi connectivity index (χ0n) is 10.8. The molecule has 8 heteroatoms. The Kier molecular flexibility index (Phi) is 5.04. The summed E-state index contributed by atoms with van der Waals surface area (Å²) in [6, 6.07) is 0. The van der Waals surface area contributed by atoms with Crippen LogP contribution in [0.4, 0.5) is 13.2 Å². The molecule has 1 unspecified atom stereocenters. The minimum Gasteiger partial charge on any atom is -0.364 e. The number of nitrogens with zero attached hydrogens (tertiary/aromatic N) is 2. The van der Waals surface area contributed by atoms with Gasteiger partial charge in [0.1, 0.15) is 19.0 Å². The Hall–Kier alpha value is -1.44. The third-order valence-corrected chi connectivity index (χ3v) is 2.35. The largest absolute Gasteiger partial charge is 0.411 e. The normalized spacial score (nSPS) is 13.8. The van der Waals surface area contributed by atoms with Gasteiger partial charge in [0.15, 0.2) is 5.82 Å². The van der Waals surface area contributed by atoms with Crippen LogP contribution in [0.5, 0.6) is 0 Å². The first-order valence-electron chi connectivity index (χ1n) is 5.68. The van der Waals surface area contributed by atoms with E-state index < -0.39 is 25.3 Å². The summed E-state index contributed by atoms with van der Waals surface area (Å²) < 4.78 is 44.9. The molecule has 0 aliphatic carbocycles. The second kappa shape index (κ2) is 6.14. The summed E-state index contributed by atoms with van der Waals surface area (Å²) in [6.45, 7) is 3.24. The van der Waals surface area contributed by atoms with Crippen LogP contribution in [0, 0.1) is 5.92 Å². The molecule has 0 amide bonds. The van der Waals surface area contributed by atoms with E-state index in [2.05, 4.69) is 14.9 Å². The molecule has 108 valence electrons. The minimum atomic E-state index is -4.40. The van der Waals surface area contributed by atoms with Crippen LogP contribution in [0.3, 0.4) is 0 Å². The van der Waals surface area contributed by atoms with Gasteiger partial charge in [-0.2, -0.15) is 18.2 Å². The molecular weight excluding hydrogens is 265 g/mol. The Morgan fingerprint density at radius 2 is 2.05 bits per heavy atom. The number of carbonyl (C=O) groups excluding carboxylic acids is 1. The Bertz CT molecular complexity index is 429. The molecule has 5 nitrogen and oxygen atoms in total. The molecule has 0 N–H and O–H groups in total. The van der Waals surface area contributed by atoms with Crippen LogP contribution in [0.15, 0.2) is 4.52 Å². The molecule has 0 saturated heterocycles. The van der Waals surface area contributed by atoms with Gasteiger partial charge < -0.3 is 9.26 Å². The zero-order valence-corrected chi connectivity index (χ0v) is 10.8. The summed E-state index contributed by atoms with van der Waals surface area (Å²) in [5.41, 5.74) is 0. The number of hydrogen-bond acceptors (Lipinski definition) is 5. The van der Waals surface area contributed by atoms with E-state index in [9.17, 15) is 18.0 Å². The van der Waals surface area contributed by atoms with Gasteiger partial charge in [0.2, 0.25) is 5.89 Å². The Morgan fingerprint density at radius 3 is 2.53 bits per heavy atom. The summed E-state index contributed by atoms with van der Waals surface area (Å²) in [4.78, 5) is 15.3. The first-order chi connectivity index (χ1) is 8.70. The molecular formula is C11H15F3N2O3. The number of Topliss-reactive ketones (excluding diaryl/α,β-unsaturated/α-hetero) is 1.